The lowest BCUT2D eigenvalue weighted by Crippen LogP contribution is -2.42. The fraction of sp³-hybridized carbons (Fsp3) is 0.625. The van der Waals surface area contributed by atoms with E-state index in [1.54, 1.807) is 0 Å². The lowest BCUT2D eigenvalue weighted by Gasteiger charge is -2.29. The van der Waals surface area contributed by atoms with E-state index in [1.807, 2.05) is 21.7 Å². The summed E-state index contributed by atoms with van der Waals surface area (Å²) in [7, 11) is 0. The molecule has 22 heavy (non-hydrogen) atoms. The van der Waals surface area contributed by atoms with Crippen molar-refractivity contribution in [2.24, 2.45) is 11.3 Å². The maximum Gasteiger partial charge on any atom is 0.311 e. The first-order valence-corrected chi connectivity index (χ1v) is 8.78. The van der Waals surface area contributed by atoms with Crippen molar-refractivity contribution in [1.29, 1.82) is 0 Å². The predicted molar refractivity (Wildman–Crippen MR) is 85.1 cm³/mol. The van der Waals surface area contributed by atoms with Crippen LogP contribution in [0, 0.1) is 11.3 Å². The van der Waals surface area contributed by atoms with Crippen LogP contribution in [0.4, 0.5) is 0 Å². The SMILES string of the molecule is CCN1C[C@H]2CN(C(=O)c3ccsc3)CCC[C@@]2(C(=O)O)C1. The van der Waals surface area contributed by atoms with Gasteiger partial charge in [0.05, 0.1) is 11.0 Å². The number of hydrogen-bond acceptors (Lipinski definition) is 4. The summed E-state index contributed by atoms with van der Waals surface area (Å²) >= 11 is 1.51. The average Bonchev–Trinajstić information content (AvgIpc) is 3.11. The van der Waals surface area contributed by atoms with Crippen molar-refractivity contribution < 1.29 is 14.7 Å². The highest BCUT2D eigenvalue weighted by atomic mass is 32.1. The van der Waals surface area contributed by atoms with Crippen molar-refractivity contribution in [3.8, 4) is 0 Å². The highest BCUT2D eigenvalue weighted by Crippen LogP contribution is 2.43. The van der Waals surface area contributed by atoms with E-state index < -0.39 is 11.4 Å². The lowest BCUT2D eigenvalue weighted by atomic mass is 9.75. The van der Waals surface area contributed by atoms with Crippen LogP contribution in [-0.2, 0) is 4.79 Å². The number of likely N-dealkylation sites (tertiary alicyclic amines) is 2. The van der Waals surface area contributed by atoms with Gasteiger partial charge in [0, 0.05) is 37.5 Å². The molecular formula is C16H22N2O3S. The van der Waals surface area contributed by atoms with Crippen molar-refractivity contribution in [3.05, 3.63) is 22.4 Å². The molecular weight excluding hydrogens is 300 g/mol. The number of carboxylic acid groups (broad SMARTS) is 1. The fourth-order valence-corrected chi connectivity index (χ4v) is 4.51. The molecule has 0 aromatic carbocycles. The van der Waals surface area contributed by atoms with Gasteiger partial charge < -0.3 is 14.9 Å². The molecule has 0 unspecified atom stereocenters. The van der Waals surface area contributed by atoms with Gasteiger partial charge in [-0.3, -0.25) is 9.59 Å². The van der Waals surface area contributed by atoms with Crippen LogP contribution in [0.5, 0.6) is 0 Å². The number of fused-ring (bicyclic) bond motifs is 1. The Labute approximate surface area is 134 Å². The Hall–Kier alpha value is -1.40. The van der Waals surface area contributed by atoms with Gasteiger partial charge in [-0.25, -0.2) is 0 Å². The monoisotopic (exact) mass is 322 g/mol. The minimum Gasteiger partial charge on any atom is -0.481 e. The first-order valence-electron chi connectivity index (χ1n) is 7.84. The van der Waals surface area contributed by atoms with Gasteiger partial charge in [0.1, 0.15) is 0 Å². The highest BCUT2D eigenvalue weighted by Gasteiger charge is 2.53. The molecule has 2 atom stereocenters. The number of amides is 1. The van der Waals surface area contributed by atoms with Gasteiger partial charge in [-0.2, -0.15) is 11.3 Å². The van der Waals surface area contributed by atoms with Crippen molar-refractivity contribution in [1.82, 2.24) is 9.80 Å². The van der Waals surface area contributed by atoms with Crippen LogP contribution in [0.3, 0.4) is 0 Å². The molecule has 3 rings (SSSR count). The lowest BCUT2D eigenvalue weighted by molar-refractivity contribution is -0.150. The molecule has 2 aliphatic rings. The second kappa shape index (κ2) is 6.01. The maximum absolute atomic E-state index is 12.6. The molecule has 1 N–H and O–H groups in total. The largest absolute Gasteiger partial charge is 0.481 e. The molecule has 0 radical (unpaired) electrons. The van der Waals surface area contributed by atoms with Crippen LogP contribution in [-0.4, -0.2) is 59.5 Å². The number of thiophene rings is 1. The van der Waals surface area contributed by atoms with Gasteiger partial charge >= 0.3 is 5.97 Å². The molecule has 2 aliphatic heterocycles. The summed E-state index contributed by atoms with van der Waals surface area (Å²) in [6.07, 6.45) is 1.42. The zero-order valence-electron chi connectivity index (χ0n) is 12.8. The summed E-state index contributed by atoms with van der Waals surface area (Å²) in [5.41, 5.74) is 0.0397. The summed E-state index contributed by atoms with van der Waals surface area (Å²) < 4.78 is 0. The zero-order valence-corrected chi connectivity index (χ0v) is 13.6. The van der Waals surface area contributed by atoms with E-state index in [0.29, 0.717) is 26.1 Å². The molecule has 120 valence electrons. The first-order chi connectivity index (χ1) is 10.6. The van der Waals surface area contributed by atoms with Crippen LogP contribution in [0.15, 0.2) is 16.8 Å². The number of rotatable bonds is 3. The van der Waals surface area contributed by atoms with Gasteiger partial charge in [0.15, 0.2) is 0 Å². The van der Waals surface area contributed by atoms with E-state index in [1.165, 1.54) is 11.3 Å². The molecule has 1 aromatic heterocycles. The predicted octanol–water partition coefficient (Wildman–Crippen LogP) is 2.01. The second-order valence-electron chi connectivity index (χ2n) is 6.35. The van der Waals surface area contributed by atoms with Crippen LogP contribution >= 0.6 is 11.3 Å². The van der Waals surface area contributed by atoms with Crippen molar-refractivity contribution in [2.75, 3.05) is 32.7 Å². The highest BCUT2D eigenvalue weighted by molar-refractivity contribution is 7.08. The molecule has 3 heterocycles. The van der Waals surface area contributed by atoms with E-state index >= 15 is 0 Å². The van der Waals surface area contributed by atoms with Gasteiger partial charge in [-0.1, -0.05) is 6.92 Å². The maximum atomic E-state index is 12.6. The summed E-state index contributed by atoms with van der Waals surface area (Å²) in [4.78, 5) is 28.6. The van der Waals surface area contributed by atoms with E-state index in [-0.39, 0.29) is 11.8 Å². The third-order valence-electron chi connectivity index (χ3n) is 5.19. The smallest absolute Gasteiger partial charge is 0.311 e. The number of carbonyl (C=O) groups excluding carboxylic acids is 1. The third kappa shape index (κ3) is 2.54. The van der Waals surface area contributed by atoms with Crippen molar-refractivity contribution >= 4 is 23.2 Å². The van der Waals surface area contributed by atoms with E-state index in [0.717, 1.165) is 25.1 Å². The summed E-state index contributed by atoms with van der Waals surface area (Å²) in [5, 5.41) is 13.6. The van der Waals surface area contributed by atoms with Crippen molar-refractivity contribution in [2.45, 2.75) is 19.8 Å². The number of hydrogen-bond donors (Lipinski definition) is 1. The Balaban J connectivity index is 1.83. The Morgan fingerprint density at radius 1 is 1.45 bits per heavy atom. The fourth-order valence-electron chi connectivity index (χ4n) is 3.88. The number of carboxylic acids is 1. The Kier molecular flexibility index (Phi) is 4.23. The van der Waals surface area contributed by atoms with Crippen LogP contribution < -0.4 is 0 Å². The summed E-state index contributed by atoms with van der Waals surface area (Å²) in [6.45, 7) is 5.53. The second-order valence-corrected chi connectivity index (χ2v) is 7.13. The van der Waals surface area contributed by atoms with Crippen LogP contribution in [0.1, 0.15) is 30.1 Å². The Bertz CT molecular complexity index is 560. The van der Waals surface area contributed by atoms with Gasteiger partial charge in [0.2, 0.25) is 0 Å². The van der Waals surface area contributed by atoms with Crippen LogP contribution in [0.2, 0.25) is 0 Å². The molecule has 6 heteroatoms. The molecule has 1 aromatic rings. The standard InChI is InChI=1S/C16H22N2O3S/c1-2-17-8-13-9-18(14(19)12-4-7-22-10-12)6-3-5-16(13,11-17)15(20)21/h4,7,10,13H,2-3,5-6,8-9,11H2,1H3,(H,20,21)/t13-,16+/m0/s1. The summed E-state index contributed by atoms with van der Waals surface area (Å²) in [6, 6.07) is 1.84. The first kappa shape index (κ1) is 15.5. The zero-order chi connectivity index (χ0) is 15.7. The van der Waals surface area contributed by atoms with Gasteiger partial charge in [0.25, 0.3) is 5.91 Å². The van der Waals surface area contributed by atoms with E-state index in [2.05, 4.69) is 11.8 Å². The minimum atomic E-state index is -0.696. The molecule has 2 fully saturated rings. The quantitative estimate of drug-likeness (QED) is 0.925. The number of carbonyl (C=O) groups is 2. The van der Waals surface area contributed by atoms with E-state index in [9.17, 15) is 14.7 Å². The van der Waals surface area contributed by atoms with Crippen molar-refractivity contribution in [3.63, 3.8) is 0 Å². The molecule has 0 aliphatic carbocycles. The number of aliphatic carboxylic acids is 1. The molecule has 0 spiro atoms. The molecule has 0 bridgehead atoms. The Morgan fingerprint density at radius 2 is 2.27 bits per heavy atom. The summed E-state index contributed by atoms with van der Waals surface area (Å²) in [5.74, 6) is -0.634. The topological polar surface area (TPSA) is 60.9 Å². The number of nitrogens with zero attached hydrogens (tertiary/aromatic N) is 2. The van der Waals surface area contributed by atoms with Gasteiger partial charge in [-0.05, 0) is 30.8 Å². The van der Waals surface area contributed by atoms with Crippen LogP contribution in [0.25, 0.3) is 0 Å². The third-order valence-corrected chi connectivity index (χ3v) is 5.87. The molecule has 0 saturated carbocycles. The molecule has 1 amide bonds. The van der Waals surface area contributed by atoms with E-state index in [4.69, 9.17) is 0 Å². The Morgan fingerprint density at radius 3 is 2.91 bits per heavy atom. The normalized spacial score (nSPS) is 29.1. The molecule has 2 saturated heterocycles. The molecule has 5 nitrogen and oxygen atoms in total. The average molecular weight is 322 g/mol. The minimum absolute atomic E-state index is 0.0232. The van der Waals surface area contributed by atoms with Gasteiger partial charge in [-0.15, -0.1) is 0 Å².